The average Bonchev–Trinajstić information content (AvgIpc) is 2.56. The summed E-state index contributed by atoms with van der Waals surface area (Å²) in [4.78, 5) is 36.2. The molecule has 1 aliphatic heterocycles. The number of hydrogen-bond acceptors (Lipinski definition) is 5. The van der Waals surface area contributed by atoms with E-state index in [1.54, 1.807) is 13.8 Å². The Labute approximate surface area is 153 Å². The molecule has 0 aliphatic carbocycles. The molecule has 2 amide bonds. The summed E-state index contributed by atoms with van der Waals surface area (Å²) in [7, 11) is 1.52. The van der Waals surface area contributed by atoms with Gasteiger partial charge in [0.1, 0.15) is 5.71 Å². The Morgan fingerprint density at radius 3 is 2.46 bits per heavy atom. The normalized spacial score (nSPS) is 15.5. The van der Waals surface area contributed by atoms with Crippen LogP contribution in [0, 0.1) is 6.92 Å². The van der Waals surface area contributed by atoms with Crippen molar-refractivity contribution in [2.45, 2.75) is 52.2 Å². The van der Waals surface area contributed by atoms with Crippen molar-refractivity contribution in [1.29, 1.82) is 0 Å². The molecule has 0 aromatic heterocycles. The number of carbonyl (C=O) groups excluding carboxylic acids is 3. The molecule has 1 atom stereocenters. The molecule has 1 heterocycles. The molecule has 26 heavy (non-hydrogen) atoms. The van der Waals surface area contributed by atoms with Crippen LogP contribution in [0.25, 0.3) is 0 Å². The smallest absolute Gasteiger partial charge is 0.308 e. The lowest BCUT2D eigenvalue weighted by atomic mass is 10.0. The number of hydrazone groups is 1. The molecule has 0 saturated heterocycles. The molecule has 1 aliphatic rings. The molecule has 0 bridgehead atoms. The van der Waals surface area contributed by atoms with Crippen molar-refractivity contribution in [3.63, 3.8) is 0 Å². The van der Waals surface area contributed by atoms with Gasteiger partial charge >= 0.3 is 5.97 Å². The van der Waals surface area contributed by atoms with Crippen LogP contribution in [0.4, 0.5) is 0 Å². The fraction of sp³-hybridized carbons (Fsp3) is 0.474. The largest absolute Gasteiger partial charge is 0.463 e. The molecule has 0 radical (unpaired) electrons. The Morgan fingerprint density at radius 2 is 1.88 bits per heavy atom. The molecular formula is C19H25N3O4. The van der Waals surface area contributed by atoms with Crippen molar-refractivity contribution in [3.8, 4) is 0 Å². The first-order valence-corrected chi connectivity index (χ1v) is 8.67. The van der Waals surface area contributed by atoms with Gasteiger partial charge in [0.25, 0.3) is 5.91 Å². The number of nitrogens with zero attached hydrogens (tertiary/aromatic N) is 2. The lowest BCUT2D eigenvalue weighted by Crippen LogP contribution is -2.40. The third-order valence-corrected chi connectivity index (χ3v) is 3.99. The Hall–Kier alpha value is -2.70. The maximum Gasteiger partial charge on any atom is 0.308 e. The van der Waals surface area contributed by atoms with Gasteiger partial charge < -0.3 is 10.1 Å². The lowest BCUT2D eigenvalue weighted by molar-refractivity contribution is -0.148. The minimum atomic E-state index is -0.528. The van der Waals surface area contributed by atoms with E-state index >= 15 is 0 Å². The molecule has 140 valence electrons. The average molecular weight is 359 g/mol. The predicted molar refractivity (Wildman–Crippen MR) is 97.3 cm³/mol. The van der Waals surface area contributed by atoms with Gasteiger partial charge in [0.15, 0.2) is 0 Å². The number of aryl methyl sites for hydroxylation is 1. The van der Waals surface area contributed by atoms with E-state index in [2.05, 4.69) is 10.4 Å². The second-order valence-electron chi connectivity index (χ2n) is 6.64. The molecule has 0 spiro atoms. The molecule has 1 aromatic carbocycles. The fourth-order valence-corrected chi connectivity index (χ4v) is 2.60. The van der Waals surface area contributed by atoms with Gasteiger partial charge in [-0.1, -0.05) is 29.8 Å². The van der Waals surface area contributed by atoms with Gasteiger partial charge in [0, 0.05) is 19.9 Å². The summed E-state index contributed by atoms with van der Waals surface area (Å²) in [6.45, 7) is 5.52. The van der Waals surface area contributed by atoms with Gasteiger partial charge in [-0.25, -0.2) is 5.01 Å². The summed E-state index contributed by atoms with van der Waals surface area (Å²) >= 11 is 0. The minimum Gasteiger partial charge on any atom is -0.463 e. The summed E-state index contributed by atoms with van der Waals surface area (Å²) in [5, 5.41) is 8.05. The molecule has 0 saturated carbocycles. The third-order valence-electron chi connectivity index (χ3n) is 3.99. The first kappa shape index (κ1) is 19.6. The highest BCUT2D eigenvalue weighted by atomic mass is 16.5. The second kappa shape index (κ2) is 8.60. The second-order valence-corrected chi connectivity index (χ2v) is 6.64. The Balaban J connectivity index is 2.16. The molecule has 7 heteroatoms. The standard InChI is InChI=1S/C19H25N3O4/c1-12(2)26-18(24)11-16(14-7-5-13(3)6-8-14)20-19(25)15-9-10-17(23)22(4)21-15/h5-8,12,16H,9-11H2,1-4H3,(H,20,25)/t16-/m1/s1. The molecule has 7 nitrogen and oxygen atoms in total. The Kier molecular flexibility index (Phi) is 6.49. The first-order valence-electron chi connectivity index (χ1n) is 8.67. The quantitative estimate of drug-likeness (QED) is 0.788. The number of rotatable bonds is 6. The third kappa shape index (κ3) is 5.40. The number of amides is 2. The zero-order chi connectivity index (χ0) is 19.3. The van der Waals surface area contributed by atoms with Crippen LogP contribution in [0.1, 0.15) is 50.3 Å². The van der Waals surface area contributed by atoms with E-state index in [0.717, 1.165) is 11.1 Å². The number of carbonyl (C=O) groups is 3. The fourth-order valence-electron chi connectivity index (χ4n) is 2.60. The van der Waals surface area contributed by atoms with E-state index in [0.29, 0.717) is 0 Å². The summed E-state index contributed by atoms with van der Waals surface area (Å²) in [5.74, 6) is -0.895. The van der Waals surface area contributed by atoms with Crippen LogP contribution in [0.2, 0.25) is 0 Å². The Bertz CT molecular complexity index is 710. The van der Waals surface area contributed by atoms with Crippen molar-refractivity contribution in [2.75, 3.05) is 7.05 Å². The van der Waals surface area contributed by atoms with E-state index in [1.807, 2.05) is 31.2 Å². The van der Waals surface area contributed by atoms with Crippen molar-refractivity contribution in [1.82, 2.24) is 10.3 Å². The molecular weight excluding hydrogens is 334 g/mol. The molecule has 1 aromatic rings. The monoisotopic (exact) mass is 359 g/mol. The molecule has 1 N–H and O–H groups in total. The number of nitrogens with one attached hydrogen (secondary N) is 1. The van der Waals surface area contributed by atoms with E-state index in [1.165, 1.54) is 12.1 Å². The molecule has 2 rings (SSSR count). The maximum absolute atomic E-state index is 12.6. The van der Waals surface area contributed by atoms with Crippen LogP contribution in [0.3, 0.4) is 0 Å². The van der Waals surface area contributed by atoms with Crippen molar-refractivity contribution in [3.05, 3.63) is 35.4 Å². The Morgan fingerprint density at radius 1 is 1.23 bits per heavy atom. The number of esters is 1. The maximum atomic E-state index is 12.6. The molecule has 0 unspecified atom stereocenters. The van der Waals surface area contributed by atoms with Gasteiger partial charge in [-0.15, -0.1) is 0 Å². The van der Waals surface area contributed by atoms with Crippen molar-refractivity contribution < 1.29 is 19.1 Å². The van der Waals surface area contributed by atoms with Crippen LogP contribution in [0.5, 0.6) is 0 Å². The number of ether oxygens (including phenoxy) is 1. The highest BCUT2D eigenvalue weighted by Crippen LogP contribution is 2.19. The zero-order valence-electron chi connectivity index (χ0n) is 15.6. The van der Waals surface area contributed by atoms with Gasteiger partial charge in [-0.05, 0) is 26.3 Å². The van der Waals surface area contributed by atoms with Crippen LogP contribution < -0.4 is 5.32 Å². The summed E-state index contributed by atoms with van der Waals surface area (Å²) < 4.78 is 5.21. The van der Waals surface area contributed by atoms with E-state index < -0.39 is 6.04 Å². The zero-order valence-corrected chi connectivity index (χ0v) is 15.6. The number of hydrogen-bond donors (Lipinski definition) is 1. The molecule has 0 fully saturated rings. The van der Waals surface area contributed by atoms with Crippen LogP contribution in [-0.2, 0) is 19.1 Å². The van der Waals surface area contributed by atoms with Crippen molar-refractivity contribution in [2.24, 2.45) is 5.10 Å². The first-order chi connectivity index (χ1) is 12.3. The van der Waals surface area contributed by atoms with Crippen LogP contribution in [-0.4, -0.2) is 41.7 Å². The van der Waals surface area contributed by atoms with Gasteiger partial charge in [-0.2, -0.15) is 5.10 Å². The number of benzene rings is 1. The lowest BCUT2D eigenvalue weighted by Gasteiger charge is -2.23. The summed E-state index contributed by atoms with van der Waals surface area (Å²) in [6.07, 6.45) is 0.327. The highest BCUT2D eigenvalue weighted by molar-refractivity contribution is 6.39. The summed E-state index contributed by atoms with van der Waals surface area (Å²) in [5.41, 5.74) is 2.17. The van der Waals surface area contributed by atoms with Gasteiger partial charge in [0.05, 0.1) is 18.6 Å². The minimum absolute atomic E-state index is 0.0228. The van der Waals surface area contributed by atoms with Gasteiger partial charge in [-0.3, -0.25) is 14.4 Å². The van der Waals surface area contributed by atoms with Crippen LogP contribution in [0.15, 0.2) is 29.4 Å². The van der Waals surface area contributed by atoms with Crippen molar-refractivity contribution >= 4 is 23.5 Å². The predicted octanol–water partition coefficient (Wildman–Crippen LogP) is 2.10. The summed E-state index contributed by atoms with van der Waals surface area (Å²) in [6, 6.07) is 7.07. The van der Waals surface area contributed by atoms with Gasteiger partial charge in [0.2, 0.25) is 5.91 Å². The van der Waals surface area contributed by atoms with Crippen LogP contribution >= 0.6 is 0 Å². The van der Waals surface area contributed by atoms with E-state index in [4.69, 9.17) is 4.74 Å². The van der Waals surface area contributed by atoms with E-state index in [9.17, 15) is 14.4 Å². The van der Waals surface area contributed by atoms with E-state index in [-0.39, 0.29) is 48.9 Å². The highest BCUT2D eigenvalue weighted by Gasteiger charge is 2.26. The SMILES string of the molecule is Cc1ccc([C@@H](CC(=O)OC(C)C)NC(=O)C2=NN(C)C(=O)CC2)cc1. The topological polar surface area (TPSA) is 88.1 Å².